The fourth-order valence-electron chi connectivity index (χ4n) is 3.35. The number of nitro groups is 1. The van der Waals surface area contributed by atoms with Gasteiger partial charge in [0.15, 0.2) is 17.3 Å². The summed E-state index contributed by atoms with van der Waals surface area (Å²) < 4.78 is 16.2. The van der Waals surface area contributed by atoms with Crippen molar-refractivity contribution in [1.82, 2.24) is 10.1 Å². The van der Waals surface area contributed by atoms with E-state index in [0.717, 1.165) is 25.7 Å². The smallest absolute Gasteiger partial charge is 0.277 e. The van der Waals surface area contributed by atoms with Crippen LogP contribution in [0.2, 0.25) is 0 Å². The largest absolute Gasteiger partial charge is 0.486 e. The predicted molar refractivity (Wildman–Crippen MR) is 85.5 cm³/mol. The van der Waals surface area contributed by atoms with E-state index in [1.54, 1.807) is 6.07 Å². The van der Waals surface area contributed by atoms with Crippen molar-refractivity contribution in [2.24, 2.45) is 5.73 Å². The van der Waals surface area contributed by atoms with Crippen molar-refractivity contribution in [3.63, 3.8) is 0 Å². The van der Waals surface area contributed by atoms with Gasteiger partial charge in [-0.3, -0.25) is 10.1 Å². The Hall–Kier alpha value is -2.68. The van der Waals surface area contributed by atoms with Crippen molar-refractivity contribution in [2.75, 3.05) is 13.2 Å². The zero-order valence-corrected chi connectivity index (χ0v) is 13.6. The van der Waals surface area contributed by atoms with Crippen LogP contribution in [0.25, 0.3) is 0 Å². The van der Waals surface area contributed by atoms with Crippen molar-refractivity contribution >= 4 is 5.69 Å². The van der Waals surface area contributed by atoms with Gasteiger partial charge < -0.3 is 19.7 Å². The van der Waals surface area contributed by atoms with E-state index in [9.17, 15) is 10.1 Å². The monoisotopic (exact) mass is 346 g/mol. The number of benzene rings is 1. The van der Waals surface area contributed by atoms with Gasteiger partial charge >= 0.3 is 0 Å². The number of hydrogen-bond acceptors (Lipinski definition) is 8. The van der Waals surface area contributed by atoms with Gasteiger partial charge in [-0.1, -0.05) is 18.0 Å². The van der Waals surface area contributed by atoms with E-state index >= 15 is 0 Å². The van der Waals surface area contributed by atoms with Crippen molar-refractivity contribution in [3.8, 4) is 11.5 Å². The van der Waals surface area contributed by atoms with Crippen LogP contribution in [0.1, 0.15) is 43.0 Å². The molecule has 2 aromatic rings. The van der Waals surface area contributed by atoms with E-state index in [0.29, 0.717) is 42.0 Å². The van der Waals surface area contributed by atoms with Crippen molar-refractivity contribution in [3.05, 3.63) is 39.5 Å². The summed E-state index contributed by atoms with van der Waals surface area (Å²) in [6.07, 6.45) is 3.84. The Morgan fingerprint density at radius 3 is 2.56 bits per heavy atom. The number of hydrogen-bond donors (Lipinski definition) is 1. The Morgan fingerprint density at radius 2 is 1.88 bits per heavy atom. The molecular formula is C16H18N4O5. The van der Waals surface area contributed by atoms with Crippen molar-refractivity contribution < 1.29 is 18.9 Å². The molecule has 9 heteroatoms. The molecule has 1 aliphatic heterocycles. The van der Waals surface area contributed by atoms with Crippen LogP contribution in [0.4, 0.5) is 5.69 Å². The Kier molecular flexibility index (Phi) is 3.79. The standard InChI is InChI=1S/C16H18N4O5/c17-16(3-1-2-4-16)15-18-14(25-19-15)8-10-7-12-13(24-6-5-23-12)9-11(10)20(21)22/h7,9H,1-6,8,17H2. The molecule has 0 amide bonds. The molecule has 1 aromatic carbocycles. The van der Waals surface area contributed by atoms with Crippen LogP contribution in [0.3, 0.4) is 0 Å². The molecular weight excluding hydrogens is 328 g/mol. The number of fused-ring (bicyclic) bond motifs is 1. The van der Waals surface area contributed by atoms with Gasteiger partial charge in [-0.05, 0) is 18.9 Å². The minimum atomic E-state index is -0.555. The fraction of sp³-hybridized carbons (Fsp3) is 0.500. The third kappa shape index (κ3) is 2.91. The van der Waals surface area contributed by atoms with Crippen LogP contribution >= 0.6 is 0 Å². The molecule has 9 nitrogen and oxygen atoms in total. The van der Waals surface area contributed by atoms with Crippen LogP contribution in [0.15, 0.2) is 16.7 Å². The average molecular weight is 346 g/mol. The van der Waals surface area contributed by atoms with Gasteiger partial charge in [-0.25, -0.2) is 0 Å². The van der Waals surface area contributed by atoms with E-state index in [-0.39, 0.29) is 12.1 Å². The second kappa shape index (κ2) is 5.99. The lowest BCUT2D eigenvalue weighted by Crippen LogP contribution is -2.34. The Balaban J connectivity index is 1.64. The highest BCUT2D eigenvalue weighted by molar-refractivity contribution is 5.55. The first-order chi connectivity index (χ1) is 12.0. The third-order valence-electron chi connectivity index (χ3n) is 4.69. The quantitative estimate of drug-likeness (QED) is 0.658. The van der Waals surface area contributed by atoms with E-state index in [4.69, 9.17) is 19.7 Å². The summed E-state index contributed by atoms with van der Waals surface area (Å²) in [5.41, 5.74) is 6.14. The predicted octanol–water partition coefficient (Wildman–Crippen LogP) is 2.07. The maximum absolute atomic E-state index is 11.4. The molecule has 0 unspecified atom stereocenters. The molecule has 2 heterocycles. The lowest BCUT2D eigenvalue weighted by atomic mass is 9.98. The highest BCUT2D eigenvalue weighted by Crippen LogP contribution is 2.38. The van der Waals surface area contributed by atoms with E-state index in [1.165, 1.54) is 6.07 Å². The molecule has 0 bridgehead atoms. The SMILES string of the molecule is NC1(c2noc(Cc3cc4c(cc3[N+](=O)[O-])OCCO4)n2)CCCC1. The lowest BCUT2D eigenvalue weighted by Gasteiger charge is -2.18. The molecule has 0 atom stereocenters. The van der Waals surface area contributed by atoms with E-state index in [1.807, 2.05) is 0 Å². The first kappa shape index (κ1) is 15.8. The third-order valence-corrected chi connectivity index (χ3v) is 4.69. The molecule has 1 fully saturated rings. The highest BCUT2D eigenvalue weighted by Gasteiger charge is 2.36. The van der Waals surface area contributed by atoms with Gasteiger partial charge in [-0.15, -0.1) is 0 Å². The normalized spacial score (nSPS) is 18.3. The zero-order valence-electron chi connectivity index (χ0n) is 13.6. The van der Waals surface area contributed by atoms with E-state index < -0.39 is 10.5 Å². The van der Waals surface area contributed by atoms with Gasteiger partial charge in [0.1, 0.15) is 13.2 Å². The maximum atomic E-state index is 11.4. The average Bonchev–Trinajstić information content (AvgIpc) is 3.24. The van der Waals surface area contributed by atoms with Crippen LogP contribution in [-0.2, 0) is 12.0 Å². The molecule has 0 saturated heterocycles. The number of aromatic nitrogens is 2. The molecule has 4 rings (SSSR count). The second-order valence-corrected chi connectivity index (χ2v) is 6.43. The minimum Gasteiger partial charge on any atom is -0.486 e. The highest BCUT2D eigenvalue weighted by atomic mass is 16.6. The summed E-state index contributed by atoms with van der Waals surface area (Å²) in [6.45, 7) is 0.778. The van der Waals surface area contributed by atoms with Gasteiger partial charge in [0.05, 0.1) is 22.9 Å². The summed E-state index contributed by atoms with van der Waals surface area (Å²) in [5.74, 6) is 1.63. The first-order valence-electron chi connectivity index (χ1n) is 8.24. The van der Waals surface area contributed by atoms with Gasteiger partial charge in [0.2, 0.25) is 5.89 Å². The number of nitrogens with two attached hydrogens (primary N) is 1. The number of nitro benzene ring substituents is 1. The molecule has 2 aliphatic rings. The van der Waals surface area contributed by atoms with E-state index in [2.05, 4.69) is 10.1 Å². The fourth-order valence-corrected chi connectivity index (χ4v) is 3.35. The summed E-state index contributed by atoms with van der Waals surface area (Å²) in [6, 6.07) is 2.98. The molecule has 132 valence electrons. The van der Waals surface area contributed by atoms with Gasteiger partial charge in [0.25, 0.3) is 5.69 Å². The second-order valence-electron chi connectivity index (χ2n) is 6.43. The van der Waals surface area contributed by atoms with Gasteiger partial charge in [-0.2, -0.15) is 4.98 Å². The first-order valence-corrected chi connectivity index (χ1v) is 8.24. The molecule has 1 aliphatic carbocycles. The van der Waals surface area contributed by atoms with Crippen LogP contribution in [-0.4, -0.2) is 28.3 Å². The molecule has 25 heavy (non-hydrogen) atoms. The molecule has 1 saturated carbocycles. The van der Waals surface area contributed by atoms with Gasteiger partial charge in [0, 0.05) is 5.56 Å². The topological polar surface area (TPSA) is 127 Å². The van der Waals surface area contributed by atoms with Crippen LogP contribution < -0.4 is 15.2 Å². The van der Waals surface area contributed by atoms with Crippen LogP contribution in [0, 0.1) is 10.1 Å². The molecule has 1 aromatic heterocycles. The minimum absolute atomic E-state index is 0.0627. The number of ether oxygens (including phenoxy) is 2. The Bertz CT molecular complexity index is 813. The number of nitrogens with zero attached hydrogens (tertiary/aromatic N) is 3. The van der Waals surface area contributed by atoms with Crippen molar-refractivity contribution in [2.45, 2.75) is 37.6 Å². The summed E-state index contributed by atoms with van der Waals surface area (Å²) in [4.78, 5) is 15.3. The van der Waals surface area contributed by atoms with Crippen LogP contribution in [0.5, 0.6) is 11.5 Å². The zero-order chi connectivity index (χ0) is 17.4. The number of rotatable bonds is 4. The summed E-state index contributed by atoms with van der Waals surface area (Å²) in [7, 11) is 0. The molecule has 2 N–H and O–H groups in total. The molecule has 0 radical (unpaired) electrons. The van der Waals surface area contributed by atoms with Crippen molar-refractivity contribution in [1.29, 1.82) is 0 Å². The maximum Gasteiger partial charge on any atom is 0.277 e. The summed E-state index contributed by atoms with van der Waals surface area (Å²) in [5, 5.41) is 15.4. The Morgan fingerprint density at radius 1 is 1.20 bits per heavy atom. The summed E-state index contributed by atoms with van der Waals surface area (Å²) >= 11 is 0. The lowest BCUT2D eigenvalue weighted by molar-refractivity contribution is -0.385. The molecule has 0 spiro atoms. The Labute approximate surface area is 143 Å².